The molecule has 0 saturated heterocycles. The van der Waals surface area contributed by atoms with E-state index in [2.05, 4.69) is 27.4 Å². The summed E-state index contributed by atoms with van der Waals surface area (Å²) in [6.07, 6.45) is 3.14. The third-order valence-corrected chi connectivity index (χ3v) is 3.48. The molecule has 1 unspecified atom stereocenters. The summed E-state index contributed by atoms with van der Waals surface area (Å²) in [6, 6.07) is -0.0520. The Morgan fingerprint density at radius 1 is 1.16 bits per heavy atom. The van der Waals surface area contributed by atoms with Crippen LogP contribution in [-0.4, -0.2) is 30.5 Å². The molecule has 0 fully saturated rings. The number of hydrogen-bond acceptors (Lipinski definition) is 3. The molecule has 0 spiro atoms. The lowest BCUT2D eigenvalue weighted by Crippen LogP contribution is -2.37. The molecular formula is C16H33NO2. The van der Waals surface area contributed by atoms with Gasteiger partial charge in [-0.3, -0.25) is 0 Å². The maximum Gasteiger partial charge on any atom is 0.0847 e. The van der Waals surface area contributed by atoms with E-state index in [-0.39, 0.29) is 17.2 Å². The van der Waals surface area contributed by atoms with Gasteiger partial charge in [-0.05, 0) is 53.0 Å². The van der Waals surface area contributed by atoms with Crippen molar-refractivity contribution in [3.05, 3.63) is 12.2 Å². The molecule has 3 nitrogen and oxygen atoms in total. The van der Waals surface area contributed by atoms with E-state index >= 15 is 0 Å². The van der Waals surface area contributed by atoms with Crippen molar-refractivity contribution < 1.29 is 9.47 Å². The van der Waals surface area contributed by atoms with Crippen LogP contribution in [0.5, 0.6) is 0 Å². The lowest BCUT2D eigenvalue weighted by Gasteiger charge is -2.32. The largest absolute Gasteiger partial charge is 0.375 e. The average molecular weight is 271 g/mol. The Hall–Kier alpha value is -0.380. The minimum atomic E-state index is -0.381. The number of hydrogen-bond donors (Lipinski definition) is 1. The first-order valence-electron chi connectivity index (χ1n) is 7.35. The second-order valence-corrected chi connectivity index (χ2v) is 6.38. The Labute approximate surface area is 119 Å². The molecule has 0 rings (SSSR count). The van der Waals surface area contributed by atoms with Crippen molar-refractivity contribution in [2.75, 3.05) is 13.2 Å². The summed E-state index contributed by atoms with van der Waals surface area (Å²) in [5.74, 6) is 0. The van der Waals surface area contributed by atoms with E-state index in [1.807, 2.05) is 20.8 Å². The average Bonchev–Trinajstić information content (AvgIpc) is 2.27. The molecule has 114 valence electrons. The van der Waals surface area contributed by atoms with E-state index in [1.54, 1.807) is 0 Å². The summed E-state index contributed by atoms with van der Waals surface area (Å²) in [5.41, 5.74) is 6.27. The van der Waals surface area contributed by atoms with Crippen molar-refractivity contribution in [3.63, 3.8) is 0 Å². The quantitative estimate of drug-likeness (QED) is 0.487. The molecule has 0 aromatic rings. The SMILES string of the molecule is C=C(C(C)N)C(C)(C)OCCC(C)(C)OCCCC. The highest BCUT2D eigenvalue weighted by molar-refractivity contribution is 5.15. The molecule has 2 N–H and O–H groups in total. The standard InChI is InChI=1S/C16H33NO2/c1-8-9-11-18-15(4,5)10-12-19-16(6,7)13(2)14(3)17/h14H,2,8-12,17H2,1,3-7H3. The number of unbranched alkanes of at least 4 members (excludes halogenated alkanes) is 1. The molecule has 0 heterocycles. The molecule has 0 aromatic heterocycles. The van der Waals surface area contributed by atoms with Crippen LogP contribution in [0.1, 0.15) is 60.8 Å². The Balaban J connectivity index is 4.10. The third kappa shape index (κ3) is 7.71. The smallest absolute Gasteiger partial charge is 0.0847 e. The molecule has 0 saturated carbocycles. The van der Waals surface area contributed by atoms with Crippen molar-refractivity contribution in [1.29, 1.82) is 0 Å². The molecule has 19 heavy (non-hydrogen) atoms. The van der Waals surface area contributed by atoms with Gasteiger partial charge in [0, 0.05) is 12.6 Å². The fraction of sp³-hybridized carbons (Fsp3) is 0.875. The van der Waals surface area contributed by atoms with Crippen molar-refractivity contribution in [2.24, 2.45) is 5.73 Å². The van der Waals surface area contributed by atoms with Gasteiger partial charge in [0.05, 0.1) is 17.8 Å². The Morgan fingerprint density at radius 3 is 2.21 bits per heavy atom. The van der Waals surface area contributed by atoms with Crippen LogP contribution in [0.3, 0.4) is 0 Å². The summed E-state index contributed by atoms with van der Waals surface area (Å²) >= 11 is 0. The molecule has 0 bridgehead atoms. The van der Waals surface area contributed by atoms with Gasteiger partial charge in [0.25, 0.3) is 0 Å². The highest BCUT2D eigenvalue weighted by Crippen LogP contribution is 2.23. The van der Waals surface area contributed by atoms with Gasteiger partial charge in [0.1, 0.15) is 0 Å². The molecule has 0 aromatic carbocycles. The fourth-order valence-electron chi connectivity index (χ4n) is 1.76. The molecule has 0 amide bonds. The predicted octanol–water partition coefficient (Wildman–Crippen LogP) is 3.67. The van der Waals surface area contributed by atoms with E-state index in [0.29, 0.717) is 6.61 Å². The zero-order valence-corrected chi connectivity index (χ0v) is 13.7. The van der Waals surface area contributed by atoms with Crippen molar-refractivity contribution >= 4 is 0 Å². The van der Waals surface area contributed by atoms with Gasteiger partial charge in [-0.1, -0.05) is 19.9 Å². The second-order valence-electron chi connectivity index (χ2n) is 6.38. The van der Waals surface area contributed by atoms with Crippen LogP contribution < -0.4 is 5.73 Å². The monoisotopic (exact) mass is 271 g/mol. The maximum absolute atomic E-state index is 5.94. The summed E-state index contributed by atoms with van der Waals surface area (Å²) in [4.78, 5) is 0. The van der Waals surface area contributed by atoms with Crippen LogP contribution in [0.2, 0.25) is 0 Å². The highest BCUT2D eigenvalue weighted by atomic mass is 16.5. The number of nitrogens with two attached hydrogens (primary N) is 1. The van der Waals surface area contributed by atoms with Crippen LogP contribution in [0, 0.1) is 0 Å². The van der Waals surface area contributed by atoms with Gasteiger partial charge in [0.2, 0.25) is 0 Å². The van der Waals surface area contributed by atoms with Gasteiger partial charge in [0.15, 0.2) is 0 Å². The molecule has 0 aliphatic rings. The van der Waals surface area contributed by atoms with Crippen molar-refractivity contribution in [1.82, 2.24) is 0 Å². The van der Waals surface area contributed by atoms with Gasteiger partial charge in [-0.2, -0.15) is 0 Å². The van der Waals surface area contributed by atoms with E-state index < -0.39 is 0 Å². The molecule has 0 aliphatic carbocycles. The minimum absolute atomic E-state index is 0.0520. The number of ether oxygens (including phenoxy) is 2. The fourth-order valence-corrected chi connectivity index (χ4v) is 1.76. The first-order valence-corrected chi connectivity index (χ1v) is 7.35. The van der Waals surface area contributed by atoms with Gasteiger partial charge in [-0.15, -0.1) is 0 Å². The first kappa shape index (κ1) is 18.6. The van der Waals surface area contributed by atoms with Gasteiger partial charge in [-0.25, -0.2) is 0 Å². The number of rotatable bonds is 10. The summed E-state index contributed by atoms with van der Waals surface area (Å²) in [5, 5.41) is 0. The Morgan fingerprint density at radius 2 is 1.74 bits per heavy atom. The maximum atomic E-state index is 5.94. The van der Waals surface area contributed by atoms with Crippen LogP contribution in [0.4, 0.5) is 0 Å². The van der Waals surface area contributed by atoms with Gasteiger partial charge < -0.3 is 15.2 Å². The zero-order valence-electron chi connectivity index (χ0n) is 13.7. The molecule has 3 heteroatoms. The van der Waals surface area contributed by atoms with E-state index in [4.69, 9.17) is 15.2 Å². The van der Waals surface area contributed by atoms with Crippen molar-refractivity contribution in [3.8, 4) is 0 Å². The van der Waals surface area contributed by atoms with Crippen LogP contribution in [0.15, 0.2) is 12.2 Å². The van der Waals surface area contributed by atoms with Gasteiger partial charge >= 0.3 is 0 Å². The lowest BCUT2D eigenvalue weighted by molar-refractivity contribution is -0.0633. The van der Waals surface area contributed by atoms with Crippen LogP contribution in [0.25, 0.3) is 0 Å². The third-order valence-electron chi connectivity index (χ3n) is 3.48. The molecule has 1 atom stereocenters. The molecular weight excluding hydrogens is 238 g/mol. The molecule has 0 aliphatic heterocycles. The van der Waals surface area contributed by atoms with Crippen molar-refractivity contribution in [2.45, 2.75) is 78.0 Å². The van der Waals surface area contributed by atoms with Crippen LogP contribution >= 0.6 is 0 Å². The van der Waals surface area contributed by atoms with E-state index in [0.717, 1.165) is 31.4 Å². The molecule has 0 radical (unpaired) electrons. The topological polar surface area (TPSA) is 44.5 Å². The van der Waals surface area contributed by atoms with E-state index in [9.17, 15) is 0 Å². The summed E-state index contributed by atoms with van der Waals surface area (Å²) < 4.78 is 11.8. The second kappa shape index (κ2) is 8.03. The first-order chi connectivity index (χ1) is 8.62. The van der Waals surface area contributed by atoms with E-state index in [1.165, 1.54) is 0 Å². The Bertz CT molecular complexity index is 270. The zero-order chi connectivity index (χ0) is 15.1. The predicted molar refractivity (Wildman–Crippen MR) is 82.4 cm³/mol. The summed E-state index contributed by atoms with van der Waals surface area (Å²) in [7, 11) is 0. The minimum Gasteiger partial charge on any atom is -0.375 e. The normalized spacial score (nSPS) is 14.5. The summed E-state index contributed by atoms with van der Waals surface area (Å²) in [6.45, 7) is 17.8. The Kier molecular flexibility index (Phi) is 7.87. The lowest BCUT2D eigenvalue weighted by atomic mass is 9.94. The highest BCUT2D eigenvalue weighted by Gasteiger charge is 2.26. The van der Waals surface area contributed by atoms with Crippen LogP contribution in [-0.2, 0) is 9.47 Å².